The van der Waals surface area contributed by atoms with Crippen LogP contribution in [0.25, 0.3) is 0 Å². The lowest BCUT2D eigenvalue weighted by molar-refractivity contribution is -0.142. The first-order chi connectivity index (χ1) is 11.0. The first-order valence-electron chi connectivity index (χ1n) is 8.14. The van der Waals surface area contributed by atoms with Crippen LogP contribution >= 0.6 is 0 Å². The third-order valence-corrected chi connectivity index (χ3v) is 4.03. The van der Waals surface area contributed by atoms with E-state index in [4.69, 9.17) is 4.74 Å². The van der Waals surface area contributed by atoms with Gasteiger partial charge in [-0.05, 0) is 5.92 Å². The Labute approximate surface area is 136 Å². The Balaban J connectivity index is 1.93. The number of nitrogens with zero attached hydrogens (tertiary/aromatic N) is 3. The van der Waals surface area contributed by atoms with E-state index in [9.17, 15) is 15.0 Å². The molecule has 1 aliphatic rings. The molecule has 7 nitrogen and oxygen atoms in total. The van der Waals surface area contributed by atoms with Crippen molar-refractivity contribution in [2.24, 2.45) is 11.8 Å². The van der Waals surface area contributed by atoms with Crippen molar-refractivity contribution in [3.8, 4) is 0 Å². The fourth-order valence-corrected chi connectivity index (χ4v) is 2.82. The number of aliphatic hydroxyl groups is 2. The fraction of sp³-hybridized carbons (Fsp3) is 0.750. The minimum atomic E-state index is -0.879. The van der Waals surface area contributed by atoms with Crippen LogP contribution in [-0.2, 0) is 16.1 Å². The Hall–Kier alpha value is -1.44. The number of ether oxygens (including phenoxy) is 1. The lowest BCUT2D eigenvalue weighted by atomic mass is 9.95. The number of rotatable bonds is 7. The molecule has 1 aliphatic heterocycles. The van der Waals surface area contributed by atoms with Gasteiger partial charge < -0.3 is 24.4 Å². The highest BCUT2D eigenvalue weighted by molar-refractivity contribution is 5.76. The average molecular weight is 325 g/mol. The van der Waals surface area contributed by atoms with E-state index >= 15 is 0 Å². The molecule has 0 unspecified atom stereocenters. The molecule has 1 aromatic heterocycles. The molecular formula is C16H27N3O4. The number of aryl methyl sites for hydroxylation is 1. The van der Waals surface area contributed by atoms with Crippen LogP contribution in [0.5, 0.6) is 0 Å². The second-order valence-electron chi connectivity index (χ2n) is 6.60. The quantitative estimate of drug-likeness (QED) is 0.744. The third kappa shape index (κ3) is 5.30. The molecule has 23 heavy (non-hydrogen) atoms. The Morgan fingerprint density at radius 3 is 2.87 bits per heavy atom. The molecule has 0 radical (unpaired) electrons. The van der Waals surface area contributed by atoms with E-state index in [1.165, 1.54) is 0 Å². The van der Waals surface area contributed by atoms with Crippen molar-refractivity contribution in [3.63, 3.8) is 0 Å². The molecule has 0 aromatic carbocycles. The van der Waals surface area contributed by atoms with Crippen LogP contribution in [0.2, 0.25) is 0 Å². The molecule has 0 bridgehead atoms. The number of hydrogen-bond donors (Lipinski definition) is 2. The molecule has 0 spiro atoms. The van der Waals surface area contributed by atoms with Gasteiger partial charge in [-0.2, -0.15) is 0 Å². The molecule has 1 amide bonds. The first-order valence-corrected chi connectivity index (χ1v) is 8.14. The predicted octanol–water partition coefficient (Wildman–Crippen LogP) is 0.126. The van der Waals surface area contributed by atoms with Crippen molar-refractivity contribution in [3.05, 3.63) is 18.7 Å². The van der Waals surface area contributed by atoms with Crippen molar-refractivity contribution in [2.45, 2.75) is 39.0 Å². The minimum absolute atomic E-state index is 0.0414. The summed E-state index contributed by atoms with van der Waals surface area (Å²) in [6, 6.07) is 0. The van der Waals surface area contributed by atoms with E-state index < -0.39 is 12.2 Å². The van der Waals surface area contributed by atoms with Crippen molar-refractivity contribution in [1.82, 2.24) is 14.5 Å². The molecule has 2 N–H and O–H groups in total. The topological polar surface area (TPSA) is 87.8 Å². The SMILES string of the molecule is CC(C)CN(C[C@@H]1COC[C@@H](O)[C@H]1O)C(=O)CCn1ccnc1. The van der Waals surface area contributed by atoms with E-state index in [2.05, 4.69) is 18.8 Å². The summed E-state index contributed by atoms with van der Waals surface area (Å²) in [7, 11) is 0. The molecule has 130 valence electrons. The minimum Gasteiger partial charge on any atom is -0.390 e. The van der Waals surface area contributed by atoms with Crippen LogP contribution in [0.15, 0.2) is 18.7 Å². The number of aliphatic hydroxyl groups excluding tert-OH is 2. The maximum Gasteiger partial charge on any atom is 0.224 e. The first kappa shape index (κ1) is 17.9. The molecule has 0 aliphatic carbocycles. The summed E-state index contributed by atoms with van der Waals surface area (Å²) >= 11 is 0. The van der Waals surface area contributed by atoms with Gasteiger partial charge in [0.2, 0.25) is 5.91 Å². The molecule has 1 aromatic rings. The standard InChI is InChI=1S/C16H27N3O4/c1-12(2)7-19(8-13-9-23-10-14(20)16(13)22)15(21)3-5-18-6-4-17-11-18/h4,6,11-14,16,20,22H,3,5,7-10H2,1-2H3/t13-,14-,16+/m1/s1. The van der Waals surface area contributed by atoms with Gasteiger partial charge in [-0.15, -0.1) is 0 Å². The zero-order valence-electron chi connectivity index (χ0n) is 13.8. The number of carbonyl (C=O) groups excluding carboxylic acids is 1. The molecule has 7 heteroatoms. The van der Waals surface area contributed by atoms with Crippen LogP contribution < -0.4 is 0 Å². The van der Waals surface area contributed by atoms with Crippen molar-refractivity contribution < 1.29 is 19.7 Å². The van der Waals surface area contributed by atoms with Gasteiger partial charge in [0.05, 0.1) is 25.6 Å². The summed E-state index contributed by atoms with van der Waals surface area (Å²) < 4.78 is 7.18. The fourth-order valence-electron chi connectivity index (χ4n) is 2.82. The maximum atomic E-state index is 12.5. The summed E-state index contributed by atoms with van der Waals surface area (Å²) in [6.45, 7) is 6.23. The number of hydrogen-bond acceptors (Lipinski definition) is 5. The summed E-state index contributed by atoms with van der Waals surface area (Å²) in [5.74, 6) is 0.119. The monoisotopic (exact) mass is 325 g/mol. The number of imidazole rings is 1. The highest BCUT2D eigenvalue weighted by Crippen LogP contribution is 2.18. The van der Waals surface area contributed by atoms with E-state index in [0.717, 1.165) is 0 Å². The Morgan fingerprint density at radius 1 is 1.43 bits per heavy atom. The molecule has 0 saturated carbocycles. The summed E-state index contributed by atoms with van der Waals surface area (Å²) in [5, 5.41) is 19.8. The van der Waals surface area contributed by atoms with Gasteiger partial charge >= 0.3 is 0 Å². The highest BCUT2D eigenvalue weighted by Gasteiger charge is 2.33. The van der Waals surface area contributed by atoms with Crippen LogP contribution in [0.3, 0.4) is 0 Å². The molecule has 1 saturated heterocycles. The van der Waals surface area contributed by atoms with Gasteiger partial charge in [-0.3, -0.25) is 4.79 Å². The lowest BCUT2D eigenvalue weighted by Gasteiger charge is -2.36. The number of aromatic nitrogens is 2. The molecule has 3 atom stereocenters. The zero-order valence-corrected chi connectivity index (χ0v) is 13.8. The zero-order chi connectivity index (χ0) is 16.8. The summed E-state index contributed by atoms with van der Waals surface area (Å²) in [5.41, 5.74) is 0. The Bertz CT molecular complexity index is 478. The average Bonchev–Trinajstić information content (AvgIpc) is 3.01. The summed E-state index contributed by atoms with van der Waals surface area (Å²) in [6.07, 6.45) is 3.86. The molecule has 2 rings (SSSR count). The molecule has 2 heterocycles. The summed E-state index contributed by atoms with van der Waals surface area (Å²) in [4.78, 5) is 18.3. The second kappa shape index (κ2) is 8.42. The molecular weight excluding hydrogens is 298 g/mol. The van der Waals surface area contributed by atoms with Crippen LogP contribution in [0.4, 0.5) is 0 Å². The van der Waals surface area contributed by atoms with Crippen LogP contribution in [-0.4, -0.2) is 69.1 Å². The van der Waals surface area contributed by atoms with Crippen LogP contribution in [0, 0.1) is 11.8 Å². The van der Waals surface area contributed by atoms with Gasteiger partial charge in [0.1, 0.15) is 6.10 Å². The smallest absolute Gasteiger partial charge is 0.224 e. The van der Waals surface area contributed by atoms with Gasteiger partial charge in [0.25, 0.3) is 0 Å². The normalized spacial score (nSPS) is 24.8. The maximum absolute atomic E-state index is 12.5. The largest absolute Gasteiger partial charge is 0.390 e. The van der Waals surface area contributed by atoms with Crippen LogP contribution in [0.1, 0.15) is 20.3 Å². The van der Waals surface area contributed by atoms with Gasteiger partial charge in [0.15, 0.2) is 0 Å². The van der Waals surface area contributed by atoms with Gasteiger partial charge in [-0.1, -0.05) is 13.8 Å². The number of carbonyl (C=O) groups is 1. The van der Waals surface area contributed by atoms with E-state index in [-0.39, 0.29) is 18.4 Å². The second-order valence-corrected chi connectivity index (χ2v) is 6.60. The van der Waals surface area contributed by atoms with Crippen molar-refractivity contribution in [2.75, 3.05) is 26.3 Å². The Kier molecular flexibility index (Phi) is 6.56. The van der Waals surface area contributed by atoms with Crippen molar-refractivity contribution >= 4 is 5.91 Å². The van der Waals surface area contributed by atoms with E-state index in [1.54, 1.807) is 17.4 Å². The Morgan fingerprint density at radius 2 is 2.22 bits per heavy atom. The lowest BCUT2D eigenvalue weighted by Crippen LogP contribution is -2.50. The van der Waals surface area contributed by atoms with E-state index in [1.807, 2.05) is 10.8 Å². The highest BCUT2D eigenvalue weighted by atomic mass is 16.5. The molecule has 1 fully saturated rings. The third-order valence-electron chi connectivity index (χ3n) is 4.03. The number of amides is 1. The van der Waals surface area contributed by atoms with Crippen molar-refractivity contribution in [1.29, 1.82) is 0 Å². The van der Waals surface area contributed by atoms with Gasteiger partial charge in [-0.25, -0.2) is 4.98 Å². The predicted molar refractivity (Wildman–Crippen MR) is 84.6 cm³/mol. The van der Waals surface area contributed by atoms with Gasteiger partial charge in [0, 0.05) is 44.4 Å². The van der Waals surface area contributed by atoms with E-state index in [0.29, 0.717) is 38.6 Å².